The second kappa shape index (κ2) is 6.24. The summed E-state index contributed by atoms with van der Waals surface area (Å²) in [4.78, 5) is 9.10. The largest absolute Gasteiger partial charge is 0.376 e. The third-order valence-electron chi connectivity index (χ3n) is 3.85. The third kappa shape index (κ3) is 3.40. The molecule has 2 heterocycles. The van der Waals surface area contributed by atoms with Gasteiger partial charge >= 0.3 is 0 Å². The van der Waals surface area contributed by atoms with Crippen LogP contribution < -0.4 is 5.32 Å². The monoisotopic (exact) mass is 287 g/mol. The van der Waals surface area contributed by atoms with Crippen LogP contribution in [0.1, 0.15) is 17.8 Å². The molecular formula is C15H21N5O. The Morgan fingerprint density at radius 2 is 2.05 bits per heavy atom. The molecule has 1 aliphatic heterocycles. The highest BCUT2D eigenvalue weighted by Gasteiger charge is 2.27. The molecule has 1 N–H and O–H groups in total. The lowest BCUT2D eigenvalue weighted by Gasteiger charge is -2.35. The van der Waals surface area contributed by atoms with Crippen LogP contribution in [0.3, 0.4) is 0 Å². The minimum atomic E-state index is 0.206. The highest BCUT2D eigenvalue weighted by atomic mass is 16.5. The Morgan fingerprint density at radius 1 is 1.24 bits per heavy atom. The molecule has 0 amide bonds. The van der Waals surface area contributed by atoms with Crippen molar-refractivity contribution in [1.29, 1.82) is 0 Å². The van der Waals surface area contributed by atoms with Gasteiger partial charge < -0.3 is 14.7 Å². The number of anilines is 1. The topological polar surface area (TPSA) is 57.4 Å². The molecule has 1 unspecified atom stereocenters. The lowest BCUT2D eigenvalue weighted by atomic mass is 10.2. The Morgan fingerprint density at radius 3 is 2.86 bits per heavy atom. The Balaban J connectivity index is 1.63. The van der Waals surface area contributed by atoms with Crippen molar-refractivity contribution in [1.82, 2.24) is 19.9 Å². The van der Waals surface area contributed by atoms with Gasteiger partial charge in [-0.3, -0.25) is 4.90 Å². The van der Waals surface area contributed by atoms with E-state index in [0.29, 0.717) is 12.4 Å². The number of aromatic nitrogens is 2. The van der Waals surface area contributed by atoms with E-state index >= 15 is 0 Å². The van der Waals surface area contributed by atoms with Crippen LogP contribution in [0.5, 0.6) is 0 Å². The molecule has 0 saturated carbocycles. The summed E-state index contributed by atoms with van der Waals surface area (Å²) in [5.41, 5.74) is 1.05. The Labute approximate surface area is 124 Å². The predicted octanol–water partition coefficient (Wildman–Crippen LogP) is 1.60. The molecular weight excluding hydrogens is 266 g/mol. The fourth-order valence-corrected chi connectivity index (χ4v) is 2.50. The molecule has 1 saturated heterocycles. The van der Waals surface area contributed by atoms with Crippen LogP contribution in [0.2, 0.25) is 0 Å². The third-order valence-corrected chi connectivity index (χ3v) is 3.85. The first-order chi connectivity index (χ1) is 10.2. The van der Waals surface area contributed by atoms with Gasteiger partial charge in [0.1, 0.15) is 0 Å². The molecule has 1 aromatic carbocycles. The molecule has 0 radical (unpaired) electrons. The zero-order chi connectivity index (χ0) is 14.7. The van der Waals surface area contributed by atoms with Crippen LogP contribution >= 0.6 is 0 Å². The van der Waals surface area contributed by atoms with Crippen LogP contribution in [0.4, 0.5) is 5.69 Å². The second-order valence-electron chi connectivity index (χ2n) is 5.52. The maximum Gasteiger partial charge on any atom is 0.245 e. The predicted molar refractivity (Wildman–Crippen MR) is 80.9 cm³/mol. The summed E-state index contributed by atoms with van der Waals surface area (Å²) >= 11 is 0. The van der Waals surface area contributed by atoms with Gasteiger partial charge in [0.15, 0.2) is 5.82 Å². The summed E-state index contributed by atoms with van der Waals surface area (Å²) in [5, 5.41) is 7.42. The van der Waals surface area contributed by atoms with E-state index in [1.165, 1.54) is 0 Å². The Bertz CT molecular complexity index is 570. The molecule has 1 fully saturated rings. The number of nitrogens with one attached hydrogen (secondary N) is 1. The quantitative estimate of drug-likeness (QED) is 0.922. The second-order valence-corrected chi connectivity index (χ2v) is 5.52. The summed E-state index contributed by atoms with van der Waals surface area (Å²) in [6, 6.07) is 10.2. The number of benzene rings is 1. The van der Waals surface area contributed by atoms with Crippen molar-refractivity contribution in [3.05, 3.63) is 42.0 Å². The standard InChI is InChI=1S/C15H21N5O/c1-19-8-9-20(2)13(11-19)15-17-14(21-18-15)10-16-12-6-4-3-5-7-12/h3-7,13,16H,8-11H2,1-2H3. The highest BCUT2D eigenvalue weighted by Crippen LogP contribution is 2.21. The van der Waals surface area contributed by atoms with E-state index in [-0.39, 0.29) is 6.04 Å². The zero-order valence-electron chi connectivity index (χ0n) is 12.5. The van der Waals surface area contributed by atoms with Crippen molar-refractivity contribution < 1.29 is 4.52 Å². The average molecular weight is 287 g/mol. The van der Waals surface area contributed by atoms with Gasteiger partial charge in [-0.05, 0) is 26.2 Å². The summed E-state index contributed by atoms with van der Waals surface area (Å²) < 4.78 is 5.35. The van der Waals surface area contributed by atoms with E-state index in [0.717, 1.165) is 31.1 Å². The maximum atomic E-state index is 5.35. The number of hydrogen-bond donors (Lipinski definition) is 1. The highest BCUT2D eigenvalue weighted by molar-refractivity contribution is 5.42. The number of rotatable bonds is 4. The average Bonchev–Trinajstić information content (AvgIpc) is 2.97. The number of piperazine rings is 1. The first-order valence-corrected chi connectivity index (χ1v) is 7.22. The molecule has 0 aliphatic carbocycles. The zero-order valence-corrected chi connectivity index (χ0v) is 12.5. The molecule has 1 atom stereocenters. The van der Waals surface area contributed by atoms with Crippen LogP contribution in [-0.2, 0) is 6.54 Å². The van der Waals surface area contributed by atoms with Gasteiger partial charge in [0.2, 0.25) is 5.89 Å². The van der Waals surface area contributed by atoms with E-state index in [9.17, 15) is 0 Å². The Hall–Kier alpha value is -1.92. The molecule has 21 heavy (non-hydrogen) atoms. The molecule has 0 bridgehead atoms. The van der Waals surface area contributed by atoms with Gasteiger partial charge in [0.25, 0.3) is 0 Å². The van der Waals surface area contributed by atoms with Gasteiger partial charge in [-0.25, -0.2) is 0 Å². The molecule has 1 aromatic heterocycles. The van der Waals surface area contributed by atoms with Crippen molar-refractivity contribution in [2.45, 2.75) is 12.6 Å². The molecule has 1 aliphatic rings. The van der Waals surface area contributed by atoms with Gasteiger partial charge in [-0.2, -0.15) is 4.98 Å². The van der Waals surface area contributed by atoms with Crippen LogP contribution in [0.25, 0.3) is 0 Å². The minimum Gasteiger partial charge on any atom is -0.376 e. The van der Waals surface area contributed by atoms with Crippen molar-refractivity contribution in [2.24, 2.45) is 0 Å². The number of likely N-dealkylation sites (N-methyl/N-ethyl adjacent to an activating group) is 2. The van der Waals surface area contributed by atoms with E-state index in [1.807, 2.05) is 30.3 Å². The smallest absolute Gasteiger partial charge is 0.245 e. The lowest BCUT2D eigenvalue weighted by Crippen LogP contribution is -2.45. The van der Waals surface area contributed by atoms with E-state index in [1.54, 1.807) is 0 Å². The summed E-state index contributed by atoms with van der Waals surface area (Å²) in [6.07, 6.45) is 0. The van der Waals surface area contributed by atoms with E-state index in [4.69, 9.17) is 4.52 Å². The first kappa shape index (κ1) is 14.0. The van der Waals surface area contributed by atoms with E-state index < -0.39 is 0 Å². The number of nitrogens with zero attached hydrogens (tertiary/aromatic N) is 4. The maximum absolute atomic E-state index is 5.35. The normalized spacial score (nSPS) is 20.6. The molecule has 2 aromatic rings. The van der Waals surface area contributed by atoms with Crippen molar-refractivity contribution >= 4 is 5.69 Å². The summed E-state index contributed by atoms with van der Waals surface area (Å²) in [5.74, 6) is 1.39. The number of para-hydroxylation sites is 1. The van der Waals surface area contributed by atoms with Gasteiger partial charge in [0, 0.05) is 25.3 Å². The fraction of sp³-hybridized carbons (Fsp3) is 0.467. The fourth-order valence-electron chi connectivity index (χ4n) is 2.50. The van der Waals surface area contributed by atoms with Crippen LogP contribution in [0, 0.1) is 0 Å². The lowest BCUT2D eigenvalue weighted by molar-refractivity contribution is 0.108. The molecule has 0 spiro atoms. The van der Waals surface area contributed by atoms with Crippen molar-refractivity contribution in [3.8, 4) is 0 Å². The van der Waals surface area contributed by atoms with Crippen LogP contribution in [-0.4, -0.2) is 53.7 Å². The van der Waals surface area contributed by atoms with Crippen LogP contribution in [0.15, 0.2) is 34.9 Å². The summed E-state index contributed by atoms with van der Waals surface area (Å²) in [7, 11) is 4.23. The van der Waals surface area contributed by atoms with Gasteiger partial charge in [-0.15, -0.1) is 0 Å². The molecule has 112 valence electrons. The van der Waals surface area contributed by atoms with Gasteiger partial charge in [0.05, 0.1) is 12.6 Å². The minimum absolute atomic E-state index is 0.206. The molecule has 3 rings (SSSR count). The van der Waals surface area contributed by atoms with Crippen molar-refractivity contribution in [2.75, 3.05) is 39.0 Å². The summed E-state index contributed by atoms with van der Waals surface area (Å²) in [6.45, 7) is 3.57. The van der Waals surface area contributed by atoms with E-state index in [2.05, 4.69) is 39.4 Å². The van der Waals surface area contributed by atoms with Gasteiger partial charge in [-0.1, -0.05) is 23.4 Å². The molecule has 6 heteroatoms. The van der Waals surface area contributed by atoms with Crippen molar-refractivity contribution in [3.63, 3.8) is 0 Å². The first-order valence-electron chi connectivity index (χ1n) is 7.22. The number of hydrogen-bond acceptors (Lipinski definition) is 6. The Kier molecular flexibility index (Phi) is 4.17. The molecule has 6 nitrogen and oxygen atoms in total. The SMILES string of the molecule is CN1CCN(C)C(c2noc(CNc3ccccc3)n2)C1.